The molecule has 0 bridgehead atoms. The molecule has 25 nitrogen and oxygen atoms in total. The van der Waals surface area contributed by atoms with Crippen molar-refractivity contribution >= 4 is 41.1 Å². The molecular formula is C101H119F2N5O20. The summed E-state index contributed by atoms with van der Waals surface area (Å²) in [5.41, 5.74) is 14.0. The van der Waals surface area contributed by atoms with Crippen LogP contribution in [0.15, 0.2) is 147 Å². The van der Waals surface area contributed by atoms with Gasteiger partial charge in [-0.05, 0) is 166 Å². The number of aryl methyl sites for hydroxylation is 2. The molecule has 1 fully saturated rings. The number of benzene rings is 5. The number of anilines is 1. The number of hydrogen-bond donors (Lipinski definition) is 0. The Morgan fingerprint density at radius 2 is 0.773 bits per heavy atom. The second kappa shape index (κ2) is 43.7. The molecule has 0 saturated carbocycles. The van der Waals surface area contributed by atoms with Crippen LogP contribution >= 0.6 is 0 Å². The minimum atomic E-state index is -2.77. The molecule has 0 aliphatic carbocycles. The summed E-state index contributed by atoms with van der Waals surface area (Å²) < 4.78 is 87.4. The first-order valence-electron chi connectivity index (χ1n) is 43.9. The lowest BCUT2D eigenvalue weighted by molar-refractivity contribution is -0.132. The minimum absolute atomic E-state index is 0.000495. The fraction of sp³-hybridized carbons (Fsp3) is 0.446. The van der Waals surface area contributed by atoms with Crippen LogP contribution in [-0.2, 0) is 65.5 Å². The number of carbonyl (C=O) groups excluding carboxylic acids is 6. The fourth-order valence-corrected chi connectivity index (χ4v) is 17.1. The van der Waals surface area contributed by atoms with Gasteiger partial charge in [-0.3, -0.25) is 33.6 Å². The number of ketones is 2. The van der Waals surface area contributed by atoms with Crippen LogP contribution in [0.3, 0.4) is 0 Å². The third kappa shape index (κ3) is 22.8. The Morgan fingerprint density at radius 1 is 0.406 bits per heavy atom. The van der Waals surface area contributed by atoms with Gasteiger partial charge in [0.25, 0.3) is 6.43 Å². The lowest BCUT2D eigenvalue weighted by Crippen LogP contribution is -2.29. The van der Waals surface area contributed by atoms with Crippen LogP contribution in [0.25, 0.3) is 45.0 Å². The van der Waals surface area contributed by atoms with Crippen molar-refractivity contribution in [2.45, 2.75) is 185 Å². The van der Waals surface area contributed by atoms with Crippen LogP contribution in [0.4, 0.5) is 14.5 Å². The van der Waals surface area contributed by atoms with Crippen molar-refractivity contribution in [1.82, 2.24) is 18.3 Å². The Bertz CT molecular complexity index is 5820. The van der Waals surface area contributed by atoms with Crippen LogP contribution in [0.2, 0.25) is 0 Å². The topological polar surface area (TPSA) is 286 Å². The largest absolute Gasteiger partial charge is 0.493 e. The number of fused-ring (bicyclic) bond motifs is 12. The number of hydrogen-bond acceptors (Lipinski definition) is 21. The predicted octanol–water partition coefficient (Wildman–Crippen LogP) is 17.4. The quantitative estimate of drug-likeness (QED) is 0.0133. The first kappa shape index (κ1) is 96.7. The van der Waals surface area contributed by atoms with Gasteiger partial charge in [-0.15, -0.1) is 0 Å². The van der Waals surface area contributed by atoms with Gasteiger partial charge in [0.1, 0.15) is 29.2 Å². The zero-order chi connectivity index (χ0) is 92.6. The van der Waals surface area contributed by atoms with Crippen molar-refractivity contribution in [3.05, 3.63) is 236 Å². The summed E-state index contributed by atoms with van der Waals surface area (Å²) >= 11 is 0. The van der Waals surface area contributed by atoms with Crippen LogP contribution in [0.1, 0.15) is 223 Å². The van der Waals surface area contributed by atoms with Gasteiger partial charge in [0.05, 0.1) is 72.1 Å². The van der Waals surface area contributed by atoms with Crippen LogP contribution in [-0.4, -0.2) is 148 Å². The van der Waals surface area contributed by atoms with Gasteiger partial charge in [-0.2, -0.15) is 0 Å². The van der Waals surface area contributed by atoms with E-state index in [0.29, 0.717) is 134 Å². The molecule has 9 heterocycles. The molecular weight excluding hydrogens is 1640 g/mol. The number of esters is 4. The van der Waals surface area contributed by atoms with E-state index < -0.39 is 30.9 Å². The highest BCUT2D eigenvalue weighted by molar-refractivity contribution is 6.00. The lowest BCUT2D eigenvalue weighted by Gasteiger charge is -2.34. The number of ether oxygens (including phenoxy) is 10. The number of Topliss-reactive ketones (excluding diaryl/α,β-unsaturated/α-hetero) is 2. The second-order valence-corrected chi connectivity index (χ2v) is 34.5. The number of pyridine rings is 4. The van der Waals surface area contributed by atoms with E-state index in [1.54, 1.807) is 77.0 Å². The summed E-state index contributed by atoms with van der Waals surface area (Å²) in [7, 11) is 6.26. The molecule has 0 spiro atoms. The highest BCUT2D eigenvalue weighted by atomic mass is 19.3. The highest BCUT2D eigenvalue weighted by Gasteiger charge is 2.36. The van der Waals surface area contributed by atoms with Crippen molar-refractivity contribution in [3.8, 4) is 68.0 Å². The van der Waals surface area contributed by atoms with Gasteiger partial charge in [-0.1, -0.05) is 85.7 Å². The first-order chi connectivity index (χ1) is 61.1. The molecule has 4 unspecified atom stereocenters. The monoisotopic (exact) mass is 1760 g/mol. The molecule has 682 valence electrons. The zero-order valence-electron chi connectivity index (χ0n) is 76.4. The maximum Gasteiger partial charge on any atom is 0.342 e. The average Bonchev–Trinajstić information content (AvgIpc) is 0.932. The summed E-state index contributed by atoms with van der Waals surface area (Å²) in [6.45, 7) is 28.7. The third-order valence-electron chi connectivity index (χ3n) is 23.9. The van der Waals surface area contributed by atoms with E-state index >= 15 is 0 Å². The van der Waals surface area contributed by atoms with E-state index in [4.69, 9.17) is 47.4 Å². The van der Waals surface area contributed by atoms with E-state index in [-0.39, 0.29) is 98.4 Å². The van der Waals surface area contributed by atoms with Gasteiger partial charge < -0.3 is 70.5 Å². The Kier molecular flexibility index (Phi) is 33.0. The third-order valence-corrected chi connectivity index (χ3v) is 23.9. The number of nitrogens with zero attached hydrogens (tertiary/aromatic N) is 5. The number of methoxy groups -OCH3 is 4. The summed E-state index contributed by atoms with van der Waals surface area (Å²) in [5.74, 6) is 0.216. The lowest BCUT2D eigenvalue weighted by atomic mass is 9.85. The second-order valence-electron chi connectivity index (χ2n) is 34.5. The average molecular weight is 1760 g/mol. The van der Waals surface area contributed by atoms with Gasteiger partial charge in [0.15, 0.2) is 51.4 Å². The van der Waals surface area contributed by atoms with E-state index in [2.05, 4.69) is 75.5 Å². The molecule has 5 aliphatic heterocycles. The van der Waals surface area contributed by atoms with Crippen molar-refractivity contribution in [2.75, 3.05) is 92.7 Å². The summed E-state index contributed by atoms with van der Waals surface area (Å²) in [4.78, 5) is 127. The van der Waals surface area contributed by atoms with Crippen LogP contribution in [0.5, 0.6) is 23.0 Å². The fourth-order valence-electron chi connectivity index (χ4n) is 17.1. The van der Waals surface area contributed by atoms with Crippen LogP contribution < -0.4 is 45.6 Å². The van der Waals surface area contributed by atoms with Gasteiger partial charge in [0, 0.05) is 187 Å². The Morgan fingerprint density at radius 3 is 1.16 bits per heavy atom. The summed E-state index contributed by atoms with van der Waals surface area (Å²) in [6, 6.07) is 31.0. The summed E-state index contributed by atoms with van der Waals surface area (Å²) in [5, 5.41) is 0. The van der Waals surface area contributed by atoms with Crippen molar-refractivity contribution in [3.63, 3.8) is 0 Å². The Hall–Kier alpha value is -11.9. The molecule has 4 atom stereocenters. The van der Waals surface area contributed by atoms with E-state index in [9.17, 15) is 56.7 Å². The van der Waals surface area contributed by atoms with Crippen LogP contribution in [0, 0.1) is 37.5 Å². The number of carbonyl (C=O) groups is 6. The molecule has 9 aromatic rings. The minimum Gasteiger partial charge on any atom is -0.493 e. The van der Waals surface area contributed by atoms with Crippen molar-refractivity contribution in [2.24, 2.45) is 23.7 Å². The molecule has 5 aromatic carbocycles. The maximum atomic E-state index is 13.3. The van der Waals surface area contributed by atoms with Crippen molar-refractivity contribution < 1.29 is 84.9 Å². The highest BCUT2D eigenvalue weighted by Crippen LogP contribution is 2.47. The number of rotatable bonds is 30. The molecule has 128 heavy (non-hydrogen) atoms. The zero-order valence-corrected chi connectivity index (χ0v) is 76.4. The predicted molar refractivity (Wildman–Crippen MR) is 486 cm³/mol. The standard InChI is InChI=1S/C30H33NO6.C24H29F2NO5.C24H28N2O4.C23H29NO5/c1-19(2)26-13-22-14-29(36-12-8-11-35-4)24(30(34)37-18-21-9-6-5-7-10-21)15-23(22)27-16-28(33)25(20(3)32)17-31(26)27;1-14(2)19-8-16-9-22(31-7-5-6-30-4)18(24(29)32-13-23(25)26)10-17(16)20-11-21(28)15(3)12-27(19)20;1-14(2)20-9-16-10-21(25-7-5-6-8-25)18(24(29)30-4)11-17(16)22-12-23(28)19(15(3)27)13-26(20)22;1-14(2)19-9-17-10-22(28-8-6-7-27-5)23(29-16(4)25)11-18(17)20-12-21(26)15(3)13-24(19)20/h5-7,9-10,14-17,19,26H,8,11-13,18H2,1-4H3;9-12,14,19,23H,5-8,13H2,1-4H3;10-14,20H,5-9H2,1-4H3;10-14,19H,6-9H2,1-5H3. The Balaban J connectivity index is 0.000000166. The van der Waals surface area contributed by atoms with Gasteiger partial charge in [0.2, 0.25) is 0 Å². The normalized spacial score (nSPS) is 15.4. The van der Waals surface area contributed by atoms with Gasteiger partial charge in [-0.25, -0.2) is 23.2 Å². The molecule has 4 aromatic heterocycles. The molecule has 0 amide bonds. The summed E-state index contributed by atoms with van der Waals surface area (Å²) in [6.07, 6.45) is 11.6. The number of halogens is 2. The molecule has 1 saturated heterocycles. The first-order valence-corrected chi connectivity index (χ1v) is 43.9. The molecule has 27 heteroatoms. The SMILES string of the molecule is COC(=O)c1cc2c(cc1N1CCCC1)CC(C(C)C)n1cc(C(C)=O)c(=O)cc1-2.COCCCOc1cc2c(cc1C(=O)OCC(F)F)-c1cc(=O)c(C)cn1C(C(C)C)C2.COCCCOc1cc2c(cc1C(=O)OCc1ccccc1)-c1cc(=O)c(C(C)=O)cn1C(C(C)C)C2.COCCCOc1cc2c(cc1OC(C)=O)-c1cc(=O)c(C)cn1C(C(C)C)C2. The molecule has 0 radical (unpaired) electrons. The van der Waals surface area contributed by atoms with Crippen molar-refractivity contribution in [1.29, 1.82) is 0 Å². The maximum absolute atomic E-state index is 13.3. The van der Waals surface area contributed by atoms with Gasteiger partial charge >= 0.3 is 23.9 Å². The molecule has 14 rings (SSSR count). The van der Waals surface area contributed by atoms with E-state index in [1.165, 1.54) is 33.9 Å². The Labute approximate surface area is 745 Å². The van der Waals surface area contributed by atoms with E-state index in [1.807, 2.05) is 83.0 Å². The molecule has 0 N–H and O–H groups in total. The molecule has 5 aliphatic rings. The number of aromatic nitrogens is 4. The number of alkyl halides is 2. The van der Waals surface area contributed by atoms with E-state index in [0.717, 1.165) is 112 Å². The smallest absolute Gasteiger partial charge is 0.342 e.